The summed E-state index contributed by atoms with van der Waals surface area (Å²) in [7, 11) is 0. The molecule has 6 heteroatoms. The average Bonchev–Trinajstić information content (AvgIpc) is 3.13. The zero-order valence-electron chi connectivity index (χ0n) is 17.9. The quantitative estimate of drug-likeness (QED) is 0.420. The number of nitrogens with zero attached hydrogens (tertiary/aromatic N) is 2. The molecule has 0 N–H and O–H groups in total. The first kappa shape index (κ1) is 21.7. The van der Waals surface area contributed by atoms with Gasteiger partial charge in [-0.15, -0.1) is 0 Å². The molecular formula is C26H23ClN2O3. The van der Waals surface area contributed by atoms with Crippen molar-refractivity contribution in [3.05, 3.63) is 94.6 Å². The van der Waals surface area contributed by atoms with Crippen LogP contribution >= 0.6 is 11.6 Å². The standard InChI is InChI=1S/C26H23ClN2O3/c1-3-31-23-15-10-18(17-24(23)32-4-2)16-22-26(30)29(21-13-11-20(27)12-14-21)25(28-22)19-8-6-5-7-9-19/h5-17H,3-4H2,1-2H3. The predicted molar refractivity (Wildman–Crippen MR) is 129 cm³/mol. The fourth-order valence-electron chi connectivity index (χ4n) is 3.44. The summed E-state index contributed by atoms with van der Waals surface area (Å²) in [5, 5.41) is 0.604. The molecule has 0 spiro atoms. The molecule has 0 saturated carbocycles. The highest BCUT2D eigenvalue weighted by molar-refractivity contribution is 6.33. The van der Waals surface area contributed by atoms with Gasteiger partial charge in [-0.2, -0.15) is 0 Å². The van der Waals surface area contributed by atoms with E-state index in [0.29, 0.717) is 47.0 Å². The van der Waals surface area contributed by atoms with E-state index >= 15 is 0 Å². The first-order valence-electron chi connectivity index (χ1n) is 10.5. The molecule has 1 amide bonds. The Bertz CT molecular complexity index is 1170. The second kappa shape index (κ2) is 9.71. The van der Waals surface area contributed by atoms with Gasteiger partial charge < -0.3 is 9.47 Å². The Labute approximate surface area is 192 Å². The van der Waals surface area contributed by atoms with E-state index in [-0.39, 0.29) is 5.91 Å². The maximum Gasteiger partial charge on any atom is 0.282 e. The van der Waals surface area contributed by atoms with Gasteiger partial charge in [0.05, 0.1) is 18.9 Å². The van der Waals surface area contributed by atoms with Crippen LogP contribution in [-0.2, 0) is 4.79 Å². The number of amides is 1. The predicted octanol–water partition coefficient (Wildman–Crippen LogP) is 5.97. The van der Waals surface area contributed by atoms with Crippen LogP contribution in [0.25, 0.3) is 6.08 Å². The van der Waals surface area contributed by atoms with E-state index in [1.807, 2.05) is 74.5 Å². The maximum absolute atomic E-state index is 13.4. The van der Waals surface area contributed by atoms with Crippen molar-refractivity contribution in [1.82, 2.24) is 0 Å². The van der Waals surface area contributed by atoms with Crippen LogP contribution in [-0.4, -0.2) is 25.0 Å². The Balaban J connectivity index is 1.76. The van der Waals surface area contributed by atoms with Gasteiger partial charge >= 0.3 is 0 Å². The maximum atomic E-state index is 13.4. The molecule has 0 saturated heterocycles. The van der Waals surface area contributed by atoms with Gasteiger partial charge in [0.2, 0.25) is 0 Å². The first-order valence-corrected chi connectivity index (χ1v) is 10.8. The van der Waals surface area contributed by atoms with Gasteiger partial charge in [0, 0.05) is 10.6 Å². The molecule has 0 fully saturated rings. The van der Waals surface area contributed by atoms with E-state index in [1.165, 1.54) is 0 Å². The third-order valence-corrected chi connectivity index (χ3v) is 5.10. The van der Waals surface area contributed by atoms with E-state index in [0.717, 1.165) is 11.1 Å². The topological polar surface area (TPSA) is 51.1 Å². The normalized spacial score (nSPS) is 14.6. The van der Waals surface area contributed by atoms with Gasteiger partial charge in [0.25, 0.3) is 5.91 Å². The van der Waals surface area contributed by atoms with Crippen molar-refractivity contribution in [1.29, 1.82) is 0 Å². The lowest BCUT2D eigenvalue weighted by Crippen LogP contribution is -2.32. The highest BCUT2D eigenvalue weighted by atomic mass is 35.5. The minimum atomic E-state index is -0.210. The van der Waals surface area contributed by atoms with Crippen LogP contribution in [0.5, 0.6) is 11.5 Å². The van der Waals surface area contributed by atoms with Crippen molar-refractivity contribution in [2.24, 2.45) is 4.99 Å². The third-order valence-electron chi connectivity index (χ3n) is 4.85. The highest BCUT2D eigenvalue weighted by Gasteiger charge is 2.32. The van der Waals surface area contributed by atoms with E-state index in [1.54, 1.807) is 23.1 Å². The molecule has 3 aromatic rings. The van der Waals surface area contributed by atoms with Crippen LogP contribution in [0.15, 0.2) is 83.5 Å². The van der Waals surface area contributed by atoms with Crippen molar-refractivity contribution < 1.29 is 14.3 Å². The summed E-state index contributed by atoms with van der Waals surface area (Å²) >= 11 is 6.05. The molecule has 5 nitrogen and oxygen atoms in total. The number of anilines is 1. The number of amidine groups is 1. The molecule has 0 atom stereocenters. The van der Waals surface area contributed by atoms with Gasteiger partial charge in [-0.1, -0.05) is 48.0 Å². The van der Waals surface area contributed by atoms with E-state index in [4.69, 9.17) is 26.1 Å². The Morgan fingerprint density at radius 3 is 2.28 bits per heavy atom. The van der Waals surface area contributed by atoms with Crippen molar-refractivity contribution in [3.63, 3.8) is 0 Å². The lowest BCUT2D eigenvalue weighted by Gasteiger charge is -2.18. The minimum absolute atomic E-state index is 0.210. The van der Waals surface area contributed by atoms with E-state index in [9.17, 15) is 4.79 Å². The second-order valence-corrected chi connectivity index (χ2v) is 7.46. The molecule has 162 valence electrons. The minimum Gasteiger partial charge on any atom is -0.490 e. The molecule has 0 radical (unpaired) electrons. The number of carbonyl (C=O) groups is 1. The summed E-state index contributed by atoms with van der Waals surface area (Å²) in [6, 6.07) is 22.4. The summed E-state index contributed by atoms with van der Waals surface area (Å²) in [4.78, 5) is 19.7. The molecule has 0 aromatic heterocycles. The summed E-state index contributed by atoms with van der Waals surface area (Å²) in [5.74, 6) is 1.67. The Morgan fingerprint density at radius 2 is 1.59 bits per heavy atom. The van der Waals surface area contributed by atoms with E-state index in [2.05, 4.69) is 0 Å². The summed E-state index contributed by atoms with van der Waals surface area (Å²) in [5.41, 5.74) is 2.69. The van der Waals surface area contributed by atoms with Gasteiger partial charge in [-0.25, -0.2) is 4.99 Å². The van der Waals surface area contributed by atoms with Crippen molar-refractivity contribution >= 4 is 35.1 Å². The monoisotopic (exact) mass is 446 g/mol. The number of aliphatic imine (C=N–C) groups is 1. The Hall–Kier alpha value is -3.57. The van der Waals surface area contributed by atoms with Gasteiger partial charge in [-0.3, -0.25) is 9.69 Å². The number of carbonyl (C=O) groups excluding carboxylic acids is 1. The lowest BCUT2D eigenvalue weighted by atomic mass is 10.1. The Kier molecular flexibility index (Phi) is 6.57. The van der Waals surface area contributed by atoms with Crippen LogP contribution in [0, 0.1) is 0 Å². The van der Waals surface area contributed by atoms with Crippen molar-refractivity contribution in [3.8, 4) is 11.5 Å². The first-order chi connectivity index (χ1) is 15.6. The van der Waals surface area contributed by atoms with Gasteiger partial charge in [0.15, 0.2) is 11.5 Å². The van der Waals surface area contributed by atoms with Crippen LogP contribution in [0.1, 0.15) is 25.0 Å². The fourth-order valence-corrected chi connectivity index (χ4v) is 3.57. The molecule has 32 heavy (non-hydrogen) atoms. The summed E-state index contributed by atoms with van der Waals surface area (Å²) in [6.45, 7) is 4.90. The molecule has 1 heterocycles. The Morgan fingerprint density at radius 1 is 0.906 bits per heavy atom. The third kappa shape index (κ3) is 4.53. The zero-order valence-corrected chi connectivity index (χ0v) is 18.7. The zero-order chi connectivity index (χ0) is 22.5. The number of hydrogen-bond donors (Lipinski definition) is 0. The fraction of sp³-hybridized carbons (Fsp3) is 0.154. The molecule has 0 unspecified atom stereocenters. The number of ether oxygens (including phenoxy) is 2. The second-order valence-electron chi connectivity index (χ2n) is 7.02. The molecule has 0 bridgehead atoms. The van der Waals surface area contributed by atoms with Crippen LogP contribution in [0.2, 0.25) is 5.02 Å². The van der Waals surface area contributed by atoms with Crippen LogP contribution in [0.3, 0.4) is 0 Å². The lowest BCUT2D eigenvalue weighted by molar-refractivity contribution is -0.113. The van der Waals surface area contributed by atoms with Gasteiger partial charge in [0.1, 0.15) is 11.5 Å². The molecular weight excluding hydrogens is 424 g/mol. The SMILES string of the molecule is CCOc1ccc(C=C2N=C(c3ccccc3)N(c3ccc(Cl)cc3)C2=O)cc1OCC. The molecule has 0 aliphatic carbocycles. The molecule has 1 aliphatic heterocycles. The number of rotatable bonds is 7. The van der Waals surface area contributed by atoms with Crippen molar-refractivity contribution in [2.75, 3.05) is 18.1 Å². The molecule has 4 rings (SSSR count). The highest BCUT2D eigenvalue weighted by Crippen LogP contribution is 2.32. The number of benzene rings is 3. The summed E-state index contributed by atoms with van der Waals surface area (Å²) in [6.07, 6.45) is 1.76. The van der Waals surface area contributed by atoms with Gasteiger partial charge in [-0.05, 0) is 61.9 Å². The molecule has 1 aliphatic rings. The van der Waals surface area contributed by atoms with Crippen LogP contribution < -0.4 is 14.4 Å². The van der Waals surface area contributed by atoms with Crippen molar-refractivity contribution in [2.45, 2.75) is 13.8 Å². The average molecular weight is 447 g/mol. The van der Waals surface area contributed by atoms with Crippen LogP contribution in [0.4, 0.5) is 5.69 Å². The smallest absolute Gasteiger partial charge is 0.282 e. The number of hydrogen-bond acceptors (Lipinski definition) is 4. The van der Waals surface area contributed by atoms with E-state index < -0.39 is 0 Å². The molecule has 3 aromatic carbocycles. The summed E-state index contributed by atoms with van der Waals surface area (Å²) < 4.78 is 11.4. The largest absolute Gasteiger partial charge is 0.490 e. The number of halogens is 1.